The average molecular weight is 220 g/mol. The Bertz CT molecular complexity index is 290. The molecule has 1 unspecified atom stereocenters. The summed E-state index contributed by atoms with van der Waals surface area (Å²) in [6.45, 7) is 0.607. The van der Waals surface area contributed by atoms with Gasteiger partial charge in [0.25, 0.3) is 0 Å². The first-order valence-corrected chi connectivity index (χ1v) is 4.68. The summed E-state index contributed by atoms with van der Waals surface area (Å²) >= 11 is 5.78. The highest BCUT2D eigenvalue weighted by molar-refractivity contribution is 6.29. The molecule has 1 aromatic rings. The summed E-state index contributed by atoms with van der Waals surface area (Å²) in [6, 6.07) is 0. The fourth-order valence-electron chi connectivity index (χ4n) is 1.00. The molecule has 6 heteroatoms. The molecule has 5 nitrogen and oxygen atoms in total. The number of aliphatic hydroxyl groups excluding tert-OH is 2. The largest absolute Gasteiger partial charge is 0.394 e. The SMILES string of the molecule is Cn1c(Cl)cnc1CNCC(O)CO. The summed E-state index contributed by atoms with van der Waals surface area (Å²) in [4.78, 5) is 4.06. The van der Waals surface area contributed by atoms with Gasteiger partial charge in [-0.2, -0.15) is 0 Å². The molecule has 0 spiro atoms. The van der Waals surface area contributed by atoms with E-state index in [2.05, 4.69) is 10.3 Å². The highest BCUT2D eigenvalue weighted by Crippen LogP contribution is 2.08. The Labute approximate surface area is 87.3 Å². The third-order valence-electron chi connectivity index (χ3n) is 1.90. The van der Waals surface area contributed by atoms with Gasteiger partial charge in [0.1, 0.15) is 11.0 Å². The molecule has 0 saturated heterocycles. The van der Waals surface area contributed by atoms with Crippen LogP contribution in [0.1, 0.15) is 5.82 Å². The smallest absolute Gasteiger partial charge is 0.128 e. The van der Waals surface area contributed by atoms with Crippen molar-refractivity contribution in [2.24, 2.45) is 7.05 Å². The van der Waals surface area contributed by atoms with E-state index in [0.717, 1.165) is 5.82 Å². The van der Waals surface area contributed by atoms with Gasteiger partial charge in [0.2, 0.25) is 0 Å². The minimum absolute atomic E-state index is 0.242. The van der Waals surface area contributed by atoms with Crippen LogP contribution in [0.25, 0.3) is 0 Å². The van der Waals surface area contributed by atoms with E-state index >= 15 is 0 Å². The lowest BCUT2D eigenvalue weighted by molar-refractivity contribution is 0.0940. The van der Waals surface area contributed by atoms with Gasteiger partial charge in [-0.3, -0.25) is 0 Å². The maximum atomic E-state index is 9.04. The van der Waals surface area contributed by atoms with Gasteiger partial charge < -0.3 is 20.1 Å². The second kappa shape index (κ2) is 5.31. The van der Waals surface area contributed by atoms with Crippen molar-refractivity contribution in [3.8, 4) is 0 Å². The van der Waals surface area contributed by atoms with Crippen molar-refractivity contribution in [2.45, 2.75) is 12.6 Å². The van der Waals surface area contributed by atoms with Gasteiger partial charge in [-0.15, -0.1) is 0 Å². The van der Waals surface area contributed by atoms with Gasteiger partial charge in [-0.25, -0.2) is 4.98 Å². The van der Waals surface area contributed by atoms with Crippen molar-refractivity contribution in [3.63, 3.8) is 0 Å². The van der Waals surface area contributed by atoms with Crippen LogP contribution in [0.2, 0.25) is 5.15 Å². The van der Waals surface area contributed by atoms with Crippen LogP contribution in [0.3, 0.4) is 0 Å². The van der Waals surface area contributed by atoms with Crippen molar-refractivity contribution in [2.75, 3.05) is 13.2 Å². The number of aromatic nitrogens is 2. The van der Waals surface area contributed by atoms with Gasteiger partial charge in [0.05, 0.1) is 25.5 Å². The van der Waals surface area contributed by atoms with Crippen LogP contribution in [0.4, 0.5) is 0 Å². The monoisotopic (exact) mass is 219 g/mol. The molecule has 3 N–H and O–H groups in total. The highest BCUT2D eigenvalue weighted by Gasteiger charge is 2.05. The first-order valence-electron chi connectivity index (χ1n) is 4.31. The van der Waals surface area contributed by atoms with Crippen molar-refractivity contribution >= 4 is 11.6 Å². The lowest BCUT2D eigenvalue weighted by Gasteiger charge is -2.08. The van der Waals surface area contributed by atoms with Crippen molar-refractivity contribution in [1.29, 1.82) is 0 Å². The first kappa shape index (κ1) is 11.5. The summed E-state index contributed by atoms with van der Waals surface area (Å²) in [5.41, 5.74) is 0. The molecule has 1 heterocycles. The summed E-state index contributed by atoms with van der Waals surface area (Å²) in [6.07, 6.45) is 0.840. The predicted octanol–water partition coefficient (Wildman–Crippen LogP) is -0.484. The second-order valence-corrected chi connectivity index (χ2v) is 3.41. The summed E-state index contributed by atoms with van der Waals surface area (Å²) < 4.78 is 1.75. The quantitative estimate of drug-likeness (QED) is 0.626. The van der Waals surface area contributed by atoms with E-state index in [1.165, 1.54) is 0 Å². The number of nitrogens with zero attached hydrogens (tertiary/aromatic N) is 2. The molecule has 0 bridgehead atoms. The van der Waals surface area contributed by atoms with Gasteiger partial charge in [-0.05, 0) is 0 Å². The van der Waals surface area contributed by atoms with Crippen LogP contribution >= 0.6 is 11.6 Å². The number of rotatable bonds is 5. The fourth-order valence-corrected chi connectivity index (χ4v) is 1.15. The minimum atomic E-state index is -0.731. The van der Waals surface area contributed by atoms with Crippen LogP contribution in [0, 0.1) is 0 Å². The Balaban J connectivity index is 2.35. The van der Waals surface area contributed by atoms with E-state index < -0.39 is 6.10 Å². The van der Waals surface area contributed by atoms with E-state index in [1.54, 1.807) is 10.8 Å². The van der Waals surface area contributed by atoms with E-state index in [-0.39, 0.29) is 6.61 Å². The highest BCUT2D eigenvalue weighted by atomic mass is 35.5. The molecule has 80 valence electrons. The first-order chi connectivity index (χ1) is 6.65. The third kappa shape index (κ3) is 2.95. The number of imidazole rings is 1. The second-order valence-electron chi connectivity index (χ2n) is 3.02. The number of hydrogen-bond donors (Lipinski definition) is 3. The maximum absolute atomic E-state index is 9.04. The molecule has 0 aliphatic carbocycles. The zero-order valence-corrected chi connectivity index (χ0v) is 8.70. The summed E-state index contributed by atoms with van der Waals surface area (Å²) in [5, 5.41) is 21.1. The summed E-state index contributed by atoms with van der Waals surface area (Å²) in [7, 11) is 1.81. The molecule has 1 atom stereocenters. The number of hydrogen-bond acceptors (Lipinski definition) is 4. The molecule has 0 aromatic carbocycles. The van der Waals surface area contributed by atoms with Gasteiger partial charge >= 0.3 is 0 Å². The lowest BCUT2D eigenvalue weighted by atomic mass is 10.4. The lowest BCUT2D eigenvalue weighted by Crippen LogP contribution is -2.29. The Morgan fingerprint density at radius 1 is 1.71 bits per heavy atom. The summed E-state index contributed by atoms with van der Waals surface area (Å²) in [5.74, 6) is 0.792. The maximum Gasteiger partial charge on any atom is 0.128 e. The van der Waals surface area contributed by atoms with Gasteiger partial charge in [0, 0.05) is 13.6 Å². The number of aliphatic hydroxyl groups is 2. The van der Waals surface area contributed by atoms with Crippen LogP contribution < -0.4 is 5.32 Å². The molecular formula is C8H14ClN3O2. The van der Waals surface area contributed by atoms with E-state index in [4.69, 9.17) is 21.8 Å². The predicted molar refractivity (Wildman–Crippen MR) is 53.0 cm³/mol. The molecule has 0 saturated carbocycles. The van der Waals surface area contributed by atoms with Crippen LogP contribution in [0.5, 0.6) is 0 Å². The molecule has 1 rings (SSSR count). The fraction of sp³-hybridized carbons (Fsp3) is 0.625. The average Bonchev–Trinajstić information content (AvgIpc) is 2.49. The van der Waals surface area contributed by atoms with Gasteiger partial charge in [-0.1, -0.05) is 11.6 Å². The van der Waals surface area contributed by atoms with Crippen LogP contribution in [0.15, 0.2) is 6.20 Å². The molecule has 0 amide bonds. The molecule has 0 fully saturated rings. The minimum Gasteiger partial charge on any atom is -0.394 e. The van der Waals surface area contributed by atoms with Crippen molar-refractivity contribution in [1.82, 2.24) is 14.9 Å². The molecule has 0 aliphatic rings. The molecule has 14 heavy (non-hydrogen) atoms. The number of halogens is 1. The molecule has 0 aliphatic heterocycles. The normalized spacial score (nSPS) is 13.1. The van der Waals surface area contributed by atoms with Crippen LogP contribution in [-0.4, -0.2) is 39.0 Å². The van der Waals surface area contributed by atoms with Crippen molar-refractivity contribution in [3.05, 3.63) is 17.2 Å². The molecule has 1 aromatic heterocycles. The molecular weight excluding hydrogens is 206 g/mol. The molecule has 0 radical (unpaired) electrons. The topological polar surface area (TPSA) is 70.3 Å². The van der Waals surface area contributed by atoms with Gasteiger partial charge in [0.15, 0.2) is 0 Å². The third-order valence-corrected chi connectivity index (χ3v) is 2.25. The standard InChI is InChI=1S/C8H14ClN3O2/c1-12-7(9)3-11-8(12)4-10-2-6(14)5-13/h3,6,10,13-14H,2,4-5H2,1H3. The van der Waals surface area contributed by atoms with Crippen LogP contribution in [-0.2, 0) is 13.6 Å². The van der Waals surface area contributed by atoms with Crippen molar-refractivity contribution < 1.29 is 10.2 Å². The Kier molecular flexibility index (Phi) is 4.34. The van der Waals surface area contributed by atoms with E-state index in [0.29, 0.717) is 18.2 Å². The van der Waals surface area contributed by atoms with E-state index in [9.17, 15) is 0 Å². The zero-order chi connectivity index (χ0) is 10.6. The Morgan fingerprint density at radius 3 is 2.93 bits per heavy atom. The Morgan fingerprint density at radius 2 is 2.43 bits per heavy atom. The number of nitrogens with one attached hydrogen (secondary N) is 1. The van der Waals surface area contributed by atoms with E-state index in [1.807, 2.05) is 7.05 Å². The zero-order valence-electron chi connectivity index (χ0n) is 7.94. The Hall–Kier alpha value is -0.620.